The molecule has 2 amide bonds. The molecule has 2 aliphatic heterocycles. The minimum absolute atomic E-state index is 0.240. The van der Waals surface area contributed by atoms with Crippen LogP contribution in [0.2, 0.25) is 0 Å². The first-order valence-corrected chi connectivity index (χ1v) is 7.91. The smallest absolute Gasteiger partial charge is 0.326 e. The summed E-state index contributed by atoms with van der Waals surface area (Å²) in [6.45, 7) is 4.12. The summed E-state index contributed by atoms with van der Waals surface area (Å²) < 4.78 is 0. The highest BCUT2D eigenvalue weighted by Gasteiger charge is 2.33. The Bertz CT molecular complexity index is 334. The van der Waals surface area contributed by atoms with Crippen molar-refractivity contribution in [3.05, 3.63) is 0 Å². The van der Waals surface area contributed by atoms with Gasteiger partial charge in [-0.05, 0) is 12.8 Å². The summed E-state index contributed by atoms with van der Waals surface area (Å²) in [5.41, 5.74) is 0. The van der Waals surface area contributed by atoms with Gasteiger partial charge in [-0.25, -0.2) is 9.59 Å². The highest BCUT2D eigenvalue weighted by Crippen LogP contribution is 2.17. The maximum Gasteiger partial charge on any atom is 0.326 e. The lowest BCUT2D eigenvalue weighted by molar-refractivity contribution is -0.141. The predicted molar refractivity (Wildman–Crippen MR) is 74.5 cm³/mol. The standard InChI is InChI=1S/C12H21N3O3S/c16-11(17)10-2-1-4-15(10)12(18)13-3-5-14-6-8-19-9-7-14/h10H,1-9H2,(H,13,18)(H,16,17)/t10-/m1/s1. The van der Waals surface area contributed by atoms with Gasteiger partial charge in [-0.15, -0.1) is 0 Å². The molecule has 0 aromatic heterocycles. The number of hydrogen-bond donors (Lipinski definition) is 2. The first-order chi connectivity index (χ1) is 9.18. The molecule has 0 saturated carbocycles. The van der Waals surface area contributed by atoms with E-state index in [2.05, 4.69) is 10.2 Å². The monoisotopic (exact) mass is 287 g/mol. The van der Waals surface area contributed by atoms with Crippen LogP contribution >= 0.6 is 11.8 Å². The predicted octanol–water partition coefficient (Wildman–Crippen LogP) is 0.294. The lowest BCUT2D eigenvalue weighted by Gasteiger charge is -2.27. The number of carbonyl (C=O) groups is 2. The molecule has 2 heterocycles. The Morgan fingerprint density at radius 1 is 1.26 bits per heavy atom. The zero-order valence-corrected chi connectivity index (χ0v) is 11.8. The molecule has 2 aliphatic rings. The molecular weight excluding hydrogens is 266 g/mol. The number of nitrogens with zero attached hydrogens (tertiary/aromatic N) is 2. The number of carboxylic acid groups (broad SMARTS) is 1. The van der Waals surface area contributed by atoms with Gasteiger partial charge in [0.05, 0.1) is 0 Å². The summed E-state index contributed by atoms with van der Waals surface area (Å²) in [6, 6.07) is -0.886. The van der Waals surface area contributed by atoms with Gasteiger partial charge >= 0.3 is 12.0 Å². The zero-order chi connectivity index (χ0) is 13.7. The SMILES string of the molecule is O=C(O)[C@H]1CCCN1C(=O)NCCN1CCSCC1. The number of nitrogens with one attached hydrogen (secondary N) is 1. The summed E-state index contributed by atoms with van der Waals surface area (Å²) in [5.74, 6) is 1.41. The van der Waals surface area contributed by atoms with Gasteiger partial charge in [-0.2, -0.15) is 11.8 Å². The third-order valence-corrected chi connectivity index (χ3v) is 4.55. The molecule has 1 atom stereocenters. The molecule has 2 fully saturated rings. The quantitative estimate of drug-likeness (QED) is 0.778. The Labute approximate surface area is 117 Å². The summed E-state index contributed by atoms with van der Waals surface area (Å²) >= 11 is 1.96. The molecule has 7 heteroatoms. The number of rotatable bonds is 4. The van der Waals surface area contributed by atoms with E-state index in [4.69, 9.17) is 5.11 Å². The van der Waals surface area contributed by atoms with Crippen LogP contribution in [0.4, 0.5) is 4.79 Å². The van der Waals surface area contributed by atoms with Crippen LogP contribution in [0, 0.1) is 0 Å². The van der Waals surface area contributed by atoms with E-state index in [1.165, 1.54) is 4.90 Å². The molecule has 0 aromatic carbocycles. The lowest BCUT2D eigenvalue weighted by Crippen LogP contribution is -2.48. The van der Waals surface area contributed by atoms with Crippen molar-refractivity contribution in [2.24, 2.45) is 0 Å². The van der Waals surface area contributed by atoms with Gasteiger partial charge in [-0.1, -0.05) is 0 Å². The molecule has 6 nitrogen and oxygen atoms in total. The van der Waals surface area contributed by atoms with Crippen molar-refractivity contribution in [1.29, 1.82) is 0 Å². The summed E-state index contributed by atoms with van der Waals surface area (Å²) in [5, 5.41) is 11.9. The van der Waals surface area contributed by atoms with Gasteiger partial charge in [0.15, 0.2) is 0 Å². The van der Waals surface area contributed by atoms with Gasteiger partial charge in [-0.3, -0.25) is 4.90 Å². The third-order valence-electron chi connectivity index (χ3n) is 3.61. The van der Waals surface area contributed by atoms with Crippen molar-refractivity contribution in [3.63, 3.8) is 0 Å². The summed E-state index contributed by atoms with van der Waals surface area (Å²) in [7, 11) is 0. The fourth-order valence-electron chi connectivity index (χ4n) is 2.51. The molecule has 19 heavy (non-hydrogen) atoms. The van der Waals surface area contributed by atoms with Crippen LogP contribution in [-0.4, -0.2) is 77.2 Å². The van der Waals surface area contributed by atoms with Crippen molar-refractivity contribution >= 4 is 23.8 Å². The molecule has 2 saturated heterocycles. The molecule has 2 N–H and O–H groups in total. The zero-order valence-electron chi connectivity index (χ0n) is 11.0. The van der Waals surface area contributed by atoms with Crippen LogP contribution in [0.1, 0.15) is 12.8 Å². The Balaban J connectivity index is 1.70. The number of urea groups is 1. The van der Waals surface area contributed by atoms with Gasteiger partial charge in [0.25, 0.3) is 0 Å². The van der Waals surface area contributed by atoms with Crippen LogP contribution in [0.5, 0.6) is 0 Å². The number of likely N-dealkylation sites (tertiary alicyclic amines) is 1. The maximum atomic E-state index is 11.9. The number of carbonyl (C=O) groups excluding carboxylic acids is 1. The molecule has 2 rings (SSSR count). The van der Waals surface area contributed by atoms with E-state index in [9.17, 15) is 9.59 Å². The molecule has 0 spiro atoms. The summed E-state index contributed by atoms with van der Waals surface area (Å²) in [4.78, 5) is 26.7. The van der Waals surface area contributed by atoms with E-state index in [0.29, 0.717) is 19.5 Å². The van der Waals surface area contributed by atoms with Gasteiger partial charge < -0.3 is 15.3 Å². The van der Waals surface area contributed by atoms with Crippen LogP contribution in [0.3, 0.4) is 0 Å². The molecule has 0 aromatic rings. The second kappa shape index (κ2) is 7.00. The molecule has 108 valence electrons. The first kappa shape index (κ1) is 14.5. The number of hydrogen-bond acceptors (Lipinski definition) is 4. The molecule has 0 aliphatic carbocycles. The molecule has 0 bridgehead atoms. The average molecular weight is 287 g/mol. The van der Waals surface area contributed by atoms with Crippen molar-refractivity contribution in [3.8, 4) is 0 Å². The van der Waals surface area contributed by atoms with E-state index in [0.717, 1.165) is 37.6 Å². The van der Waals surface area contributed by atoms with Gasteiger partial charge in [0.1, 0.15) is 6.04 Å². The van der Waals surface area contributed by atoms with Crippen LogP contribution < -0.4 is 5.32 Å². The Kier molecular flexibility index (Phi) is 5.33. The van der Waals surface area contributed by atoms with Crippen LogP contribution in [-0.2, 0) is 4.79 Å². The van der Waals surface area contributed by atoms with Crippen molar-refractivity contribution in [2.75, 3.05) is 44.2 Å². The number of carboxylic acids is 1. The van der Waals surface area contributed by atoms with Gasteiger partial charge in [0, 0.05) is 44.2 Å². The van der Waals surface area contributed by atoms with Crippen molar-refractivity contribution in [2.45, 2.75) is 18.9 Å². The number of aliphatic carboxylic acids is 1. The minimum Gasteiger partial charge on any atom is -0.480 e. The average Bonchev–Trinajstić information content (AvgIpc) is 2.89. The Morgan fingerprint density at radius 3 is 2.68 bits per heavy atom. The first-order valence-electron chi connectivity index (χ1n) is 6.76. The lowest BCUT2D eigenvalue weighted by atomic mass is 10.2. The fourth-order valence-corrected chi connectivity index (χ4v) is 3.49. The molecular formula is C12H21N3O3S. The molecule has 0 radical (unpaired) electrons. The topological polar surface area (TPSA) is 72.9 Å². The van der Waals surface area contributed by atoms with Crippen molar-refractivity contribution < 1.29 is 14.7 Å². The van der Waals surface area contributed by atoms with E-state index in [1.54, 1.807) is 0 Å². The third kappa shape index (κ3) is 4.01. The van der Waals surface area contributed by atoms with E-state index in [-0.39, 0.29) is 6.03 Å². The minimum atomic E-state index is -0.902. The summed E-state index contributed by atoms with van der Waals surface area (Å²) in [6.07, 6.45) is 1.33. The Hall–Kier alpha value is -0.950. The second-order valence-electron chi connectivity index (χ2n) is 4.88. The fraction of sp³-hybridized carbons (Fsp3) is 0.833. The highest BCUT2D eigenvalue weighted by atomic mass is 32.2. The number of thioether (sulfide) groups is 1. The largest absolute Gasteiger partial charge is 0.480 e. The Morgan fingerprint density at radius 2 is 2.00 bits per heavy atom. The van der Waals surface area contributed by atoms with E-state index in [1.807, 2.05) is 11.8 Å². The highest BCUT2D eigenvalue weighted by molar-refractivity contribution is 7.99. The second-order valence-corrected chi connectivity index (χ2v) is 6.10. The van der Waals surface area contributed by atoms with Crippen LogP contribution in [0.15, 0.2) is 0 Å². The number of amides is 2. The van der Waals surface area contributed by atoms with Crippen LogP contribution in [0.25, 0.3) is 0 Å². The van der Waals surface area contributed by atoms with Crippen molar-refractivity contribution in [1.82, 2.24) is 15.1 Å². The normalized spacial score (nSPS) is 24.4. The van der Waals surface area contributed by atoms with E-state index < -0.39 is 12.0 Å². The van der Waals surface area contributed by atoms with E-state index >= 15 is 0 Å². The maximum absolute atomic E-state index is 11.9. The molecule has 0 unspecified atom stereocenters. The van der Waals surface area contributed by atoms with Gasteiger partial charge in [0.2, 0.25) is 0 Å².